The predicted octanol–water partition coefficient (Wildman–Crippen LogP) is 1.91. The van der Waals surface area contributed by atoms with E-state index >= 15 is 0 Å². The highest BCUT2D eigenvalue weighted by molar-refractivity contribution is 6.32. The van der Waals surface area contributed by atoms with Crippen LogP contribution in [0.1, 0.15) is 12.5 Å². The molecule has 0 saturated carbocycles. The van der Waals surface area contributed by atoms with E-state index in [1.165, 1.54) is 6.07 Å². The normalized spacial score (nSPS) is 16.2. The number of piperazine rings is 1. The molecule has 1 saturated heterocycles. The molecule has 0 N–H and O–H groups in total. The lowest BCUT2D eigenvalue weighted by atomic mass is 10.1. The Hall–Kier alpha value is -1.66. The number of carbonyl (C=O) groups is 1. The maximum atomic E-state index is 11.2. The first-order chi connectivity index (χ1) is 9.47. The topological polar surface area (TPSA) is 66.7 Å². The average molecular weight is 298 g/mol. The summed E-state index contributed by atoms with van der Waals surface area (Å²) in [5.41, 5.74) is 0.795. The van der Waals surface area contributed by atoms with Gasteiger partial charge >= 0.3 is 0 Å². The first-order valence-corrected chi connectivity index (χ1v) is 6.76. The van der Waals surface area contributed by atoms with Crippen LogP contribution in [0.5, 0.6) is 0 Å². The molecule has 0 unspecified atom stereocenters. The summed E-state index contributed by atoms with van der Waals surface area (Å²) < 4.78 is 0. The van der Waals surface area contributed by atoms with Crippen molar-refractivity contribution in [2.24, 2.45) is 0 Å². The molecule has 1 aliphatic heterocycles. The summed E-state index contributed by atoms with van der Waals surface area (Å²) in [6, 6.07) is 4.87. The number of nitro groups is 1. The third-order valence-corrected chi connectivity index (χ3v) is 3.75. The van der Waals surface area contributed by atoms with Crippen molar-refractivity contribution in [2.75, 3.05) is 26.2 Å². The van der Waals surface area contributed by atoms with Crippen molar-refractivity contribution in [2.45, 2.75) is 13.5 Å². The van der Waals surface area contributed by atoms with Crippen LogP contribution in [0.3, 0.4) is 0 Å². The van der Waals surface area contributed by atoms with Gasteiger partial charge in [-0.2, -0.15) is 0 Å². The third-order valence-electron chi connectivity index (χ3n) is 3.43. The largest absolute Gasteiger partial charge is 0.340 e. The van der Waals surface area contributed by atoms with Crippen LogP contribution in [-0.4, -0.2) is 46.8 Å². The summed E-state index contributed by atoms with van der Waals surface area (Å²) in [6.45, 7) is 5.14. The highest BCUT2D eigenvalue weighted by Gasteiger charge is 2.19. The van der Waals surface area contributed by atoms with E-state index in [9.17, 15) is 14.9 Å². The molecule has 1 aromatic rings. The lowest BCUT2D eigenvalue weighted by Gasteiger charge is -2.34. The van der Waals surface area contributed by atoms with Gasteiger partial charge in [-0.1, -0.05) is 17.7 Å². The van der Waals surface area contributed by atoms with Gasteiger partial charge in [0.25, 0.3) is 5.69 Å². The van der Waals surface area contributed by atoms with Gasteiger partial charge < -0.3 is 4.90 Å². The van der Waals surface area contributed by atoms with Crippen molar-refractivity contribution in [3.8, 4) is 0 Å². The second kappa shape index (κ2) is 6.19. The van der Waals surface area contributed by atoms with Crippen molar-refractivity contribution < 1.29 is 9.72 Å². The van der Waals surface area contributed by atoms with Crippen LogP contribution in [-0.2, 0) is 11.3 Å². The molecule has 20 heavy (non-hydrogen) atoms. The monoisotopic (exact) mass is 297 g/mol. The molecule has 2 rings (SSSR count). The van der Waals surface area contributed by atoms with Gasteiger partial charge in [-0.25, -0.2) is 0 Å². The lowest BCUT2D eigenvalue weighted by molar-refractivity contribution is -0.384. The fraction of sp³-hybridized carbons (Fsp3) is 0.462. The van der Waals surface area contributed by atoms with Gasteiger partial charge in [-0.3, -0.25) is 19.8 Å². The van der Waals surface area contributed by atoms with E-state index in [0.29, 0.717) is 19.6 Å². The van der Waals surface area contributed by atoms with Gasteiger partial charge in [-0.05, 0) is 11.6 Å². The zero-order valence-corrected chi connectivity index (χ0v) is 12.0. The molecule has 108 valence electrons. The molecule has 1 aliphatic rings. The number of hydrogen-bond acceptors (Lipinski definition) is 4. The highest BCUT2D eigenvalue weighted by atomic mass is 35.5. The van der Waals surface area contributed by atoms with Crippen molar-refractivity contribution in [1.29, 1.82) is 0 Å². The number of amides is 1. The molecule has 0 bridgehead atoms. The second-order valence-corrected chi connectivity index (χ2v) is 5.23. The molecule has 0 spiro atoms. The Bertz CT molecular complexity index is 528. The number of nitrogens with zero attached hydrogens (tertiary/aromatic N) is 3. The Kier molecular flexibility index (Phi) is 4.57. The van der Waals surface area contributed by atoms with Crippen molar-refractivity contribution in [1.82, 2.24) is 9.80 Å². The molecule has 6 nitrogen and oxygen atoms in total. The molecule has 1 fully saturated rings. The molecule has 1 heterocycles. The van der Waals surface area contributed by atoms with Crippen molar-refractivity contribution in [3.63, 3.8) is 0 Å². The maximum absolute atomic E-state index is 11.2. The first kappa shape index (κ1) is 14.7. The second-order valence-electron chi connectivity index (χ2n) is 4.83. The van der Waals surface area contributed by atoms with E-state index in [1.54, 1.807) is 24.0 Å². The van der Waals surface area contributed by atoms with E-state index in [2.05, 4.69) is 4.90 Å². The van der Waals surface area contributed by atoms with Crippen molar-refractivity contribution in [3.05, 3.63) is 38.9 Å². The molecular formula is C13H16ClN3O3. The molecule has 0 aliphatic carbocycles. The van der Waals surface area contributed by atoms with Gasteiger partial charge in [0, 0.05) is 45.7 Å². The van der Waals surface area contributed by atoms with Crippen LogP contribution >= 0.6 is 11.6 Å². The average Bonchev–Trinajstić information content (AvgIpc) is 2.41. The van der Waals surface area contributed by atoms with Crippen LogP contribution in [0, 0.1) is 10.1 Å². The van der Waals surface area contributed by atoms with Crippen LogP contribution in [0.25, 0.3) is 0 Å². The standard InChI is InChI=1S/C13H16ClN3O3/c1-10(18)16-6-4-15(5-7-16)9-11-2-3-12(14)13(8-11)17(19)20/h2-3,8H,4-7,9H2,1H3. The number of nitro benzene ring substituents is 1. The first-order valence-electron chi connectivity index (χ1n) is 6.38. The number of rotatable bonds is 3. The van der Waals surface area contributed by atoms with E-state index in [1.807, 2.05) is 0 Å². The third kappa shape index (κ3) is 3.46. The molecule has 0 aromatic heterocycles. The van der Waals surface area contributed by atoms with Gasteiger partial charge in [0.15, 0.2) is 0 Å². The molecule has 7 heteroatoms. The Balaban J connectivity index is 1.99. The SMILES string of the molecule is CC(=O)N1CCN(Cc2ccc(Cl)c([N+](=O)[O-])c2)CC1. The molecule has 1 amide bonds. The number of halogens is 1. The van der Waals surface area contributed by atoms with Crippen LogP contribution in [0.15, 0.2) is 18.2 Å². The minimum absolute atomic E-state index is 0.0634. The Labute approximate surface area is 122 Å². The highest BCUT2D eigenvalue weighted by Crippen LogP contribution is 2.25. The predicted molar refractivity (Wildman–Crippen MR) is 75.6 cm³/mol. The number of benzene rings is 1. The smallest absolute Gasteiger partial charge is 0.288 e. The fourth-order valence-electron chi connectivity index (χ4n) is 2.28. The minimum atomic E-state index is -0.473. The van der Waals surface area contributed by atoms with E-state index in [-0.39, 0.29) is 16.6 Å². The summed E-state index contributed by atoms with van der Waals surface area (Å²) in [4.78, 5) is 25.6. The minimum Gasteiger partial charge on any atom is -0.340 e. The summed E-state index contributed by atoms with van der Waals surface area (Å²) >= 11 is 5.79. The Morgan fingerprint density at radius 3 is 2.55 bits per heavy atom. The quantitative estimate of drug-likeness (QED) is 0.631. The van der Waals surface area contributed by atoms with E-state index in [0.717, 1.165) is 18.7 Å². The van der Waals surface area contributed by atoms with Crippen LogP contribution in [0.4, 0.5) is 5.69 Å². The number of carbonyl (C=O) groups excluding carboxylic acids is 1. The van der Waals surface area contributed by atoms with Gasteiger partial charge in [0.2, 0.25) is 5.91 Å². The summed E-state index contributed by atoms with van der Waals surface area (Å²) in [6.07, 6.45) is 0. The summed E-state index contributed by atoms with van der Waals surface area (Å²) in [5.74, 6) is 0.0896. The van der Waals surface area contributed by atoms with Gasteiger partial charge in [0.05, 0.1) is 4.92 Å². The lowest BCUT2D eigenvalue weighted by Crippen LogP contribution is -2.47. The summed E-state index contributed by atoms with van der Waals surface area (Å²) in [5, 5.41) is 11.0. The maximum Gasteiger partial charge on any atom is 0.288 e. The Morgan fingerprint density at radius 1 is 1.35 bits per heavy atom. The van der Waals surface area contributed by atoms with Crippen molar-refractivity contribution >= 4 is 23.2 Å². The summed E-state index contributed by atoms with van der Waals surface area (Å²) in [7, 11) is 0. The van der Waals surface area contributed by atoms with Crippen LogP contribution < -0.4 is 0 Å². The molecule has 1 aromatic carbocycles. The van der Waals surface area contributed by atoms with E-state index in [4.69, 9.17) is 11.6 Å². The van der Waals surface area contributed by atoms with Crippen LogP contribution in [0.2, 0.25) is 5.02 Å². The molecule has 0 atom stereocenters. The fourth-order valence-corrected chi connectivity index (χ4v) is 2.46. The Morgan fingerprint density at radius 2 is 2.00 bits per heavy atom. The van der Waals surface area contributed by atoms with E-state index < -0.39 is 4.92 Å². The zero-order valence-electron chi connectivity index (χ0n) is 11.2. The zero-order chi connectivity index (χ0) is 14.7. The molecule has 0 radical (unpaired) electrons. The number of hydrogen-bond donors (Lipinski definition) is 0. The van der Waals surface area contributed by atoms with Gasteiger partial charge in [0.1, 0.15) is 5.02 Å². The molecular weight excluding hydrogens is 282 g/mol. The van der Waals surface area contributed by atoms with Gasteiger partial charge in [-0.15, -0.1) is 0 Å².